The van der Waals surface area contributed by atoms with E-state index in [9.17, 15) is 9.59 Å². The number of rotatable bonds is 4. The summed E-state index contributed by atoms with van der Waals surface area (Å²) in [6.45, 7) is 2.03. The van der Waals surface area contributed by atoms with E-state index in [2.05, 4.69) is 15.0 Å². The molecule has 3 aromatic heterocycles. The van der Waals surface area contributed by atoms with Crippen LogP contribution in [-0.2, 0) is 6.54 Å². The second-order valence-corrected chi connectivity index (χ2v) is 8.02. The van der Waals surface area contributed by atoms with Gasteiger partial charge in [-0.3, -0.25) is 19.1 Å². The normalized spacial score (nSPS) is 14.8. The molecule has 1 aliphatic heterocycles. The third-order valence-electron chi connectivity index (χ3n) is 6.01. The van der Waals surface area contributed by atoms with Crippen molar-refractivity contribution >= 4 is 16.8 Å². The Morgan fingerprint density at radius 3 is 2.65 bits per heavy atom. The van der Waals surface area contributed by atoms with Crippen LogP contribution in [0.1, 0.15) is 23.2 Å². The number of aromatic amines is 1. The first-order valence-corrected chi connectivity index (χ1v) is 10.5. The van der Waals surface area contributed by atoms with Gasteiger partial charge >= 0.3 is 0 Å². The molecule has 1 fully saturated rings. The number of nitrogens with zero attached hydrogens (tertiary/aromatic N) is 4. The van der Waals surface area contributed by atoms with Gasteiger partial charge in [0, 0.05) is 66.3 Å². The van der Waals surface area contributed by atoms with Gasteiger partial charge in [-0.25, -0.2) is 4.98 Å². The molecular formula is C24H23N5O2. The van der Waals surface area contributed by atoms with Crippen LogP contribution in [0.25, 0.3) is 22.2 Å². The number of hydrogen-bond donors (Lipinski definition) is 1. The van der Waals surface area contributed by atoms with E-state index in [1.807, 2.05) is 47.5 Å². The van der Waals surface area contributed by atoms with Crippen molar-refractivity contribution in [2.75, 3.05) is 13.1 Å². The van der Waals surface area contributed by atoms with E-state index in [1.54, 1.807) is 29.4 Å². The minimum atomic E-state index is -0.0554. The molecule has 0 bridgehead atoms. The van der Waals surface area contributed by atoms with Crippen LogP contribution in [-0.4, -0.2) is 43.4 Å². The fraction of sp³-hybridized carbons (Fsp3) is 0.250. The number of nitrogens with one attached hydrogen (secondary N) is 1. The quantitative estimate of drug-likeness (QED) is 0.556. The van der Waals surface area contributed by atoms with Crippen LogP contribution in [0.2, 0.25) is 0 Å². The van der Waals surface area contributed by atoms with E-state index in [1.165, 1.54) is 0 Å². The minimum absolute atomic E-state index is 0.0554. The zero-order chi connectivity index (χ0) is 21.2. The summed E-state index contributed by atoms with van der Waals surface area (Å²) < 4.78 is 1.67. The smallest absolute Gasteiger partial charge is 0.253 e. The molecule has 1 saturated heterocycles. The van der Waals surface area contributed by atoms with Crippen LogP contribution < -0.4 is 5.56 Å². The minimum Gasteiger partial charge on any atom is -0.361 e. The Balaban J connectivity index is 1.22. The summed E-state index contributed by atoms with van der Waals surface area (Å²) in [6.07, 6.45) is 8.63. The average molecular weight is 413 g/mol. The number of carbonyl (C=O) groups is 1. The Kier molecular flexibility index (Phi) is 5.08. The molecule has 1 N–H and O–H groups in total. The summed E-state index contributed by atoms with van der Waals surface area (Å²) >= 11 is 0. The maximum Gasteiger partial charge on any atom is 0.253 e. The molecule has 4 aromatic rings. The first-order chi connectivity index (χ1) is 15.2. The molecule has 7 heteroatoms. The van der Waals surface area contributed by atoms with Crippen LogP contribution in [0.5, 0.6) is 0 Å². The lowest BCUT2D eigenvalue weighted by Gasteiger charge is -2.32. The number of hydrogen-bond acceptors (Lipinski definition) is 4. The second kappa shape index (κ2) is 8.18. The number of H-pyrrole nitrogens is 1. The topological polar surface area (TPSA) is 83.9 Å². The van der Waals surface area contributed by atoms with Crippen LogP contribution >= 0.6 is 0 Å². The van der Waals surface area contributed by atoms with E-state index < -0.39 is 0 Å². The highest BCUT2D eigenvalue weighted by atomic mass is 16.2. The Labute approximate surface area is 179 Å². The largest absolute Gasteiger partial charge is 0.361 e. The van der Waals surface area contributed by atoms with Crippen molar-refractivity contribution in [3.8, 4) is 11.3 Å². The van der Waals surface area contributed by atoms with Gasteiger partial charge in [0.2, 0.25) is 0 Å². The average Bonchev–Trinajstić information content (AvgIpc) is 3.29. The van der Waals surface area contributed by atoms with E-state index in [-0.39, 0.29) is 11.5 Å². The monoisotopic (exact) mass is 413 g/mol. The number of pyridine rings is 1. The zero-order valence-corrected chi connectivity index (χ0v) is 17.1. The van der Waals surface area contributed by atoms with E-state index >= 15 is 0 Å². The number of likely N-dealkylation sites (tertiary alicyclic amines) is 1. The Hall–Kier alpha value is -3.74. The van der Waals surface area contributed by atoms with Gasteiger partial charge in [0.25, 0.3) is 11.5 Å². The number of fused-ring (bicyclic) bond motifs is 1. The molecule has 1 aliphatic rings. The van der Waals surface area contributed by atoms with Crippen LogP contribution in [0.15, 0.2) is 72.2 Å². The number of carbonyl (C=O) groups excluding carboxylic acids is 1. The molecule has 5 rings (SSSR count). The molecule has 156 valence electrons. The Bertz CT molecular complexity index is 1270. The van der Waals surface area contributed by atoms with Crippen LogP contribution in [0.4, 0.5) is 0 Å². The third-order valence-corrected chi connectivity index (χ3v) is 6.01. The van der Waals surface area contributed by atoms with Crippen molar-refractivity contribution in [2.24, 2.45) is 5.92 Å². The van der Waals surface area contributed by atoms with Crippen molar-refractivity contribution in [3.63, 3.8) is 0 Å². The number of benzene rings is 1. The van der Waals surface area contributed by atoms with Gasteiger partial charge in [0.05, 0.1) is 12.0 Å². The first kappa shape index (κ1) is 19.2. The zero-order valence-electron chi connectivity index (χ0n) is 17.1. The highest BCUT2D eigenvalue weighted by Gasteiger charge is 2.24. The summed E-state index contributed by atoms with van der Waals surface area (Å²) in [5.74, 6) is 0.421. The molecule has 0 unspecified atom stereocenters. The number of amides is 1. The maximum atomic E-state index is 12.9. The standard InChI is InChI=1S/C24H23N5O2/c30-23-14-22(18-3-8-25-9-4-18)27-16-29(23)15-17-6-11-28(12-7-17)24(31)20-1-2-21-19(13-20)5-10-26-21/h1-5,8-10,13-14,16-17,26H,6-7,11-12,15H2. The molecule has 4 heterocycles. The predicted octanol–water partition coefficient (Wildman–Crippen LogP) is 3.34. The molecule has 1 amide bonds. The van der Waals surface area contributed by atoms with Gasteiger partial charge in [0.15, 0.2) is 0 Å². The molecule has 0 saturated carbocycles. The number of aromatic nitrogens is 4. The summed E-state index contributed by atoms with van der Waals surface area (Å²) in [4.78, 5) is 39.0. The maximum absolute atomic E-state index is 12.9. The second-order valence-electron chi connectivity index (χ2n) is 8.02. The van der Waals surface area contributed by atoms with E-state index in [0.29, 0.717) is 31.2 Å². The lowest BCUT2D eigenvalue weighted by molar-refractivity contribution is 0.0682. The van der Waals surface area contributed by atoms with Gasteiger partial charge < -0.3 is 9.88 Å². The van der Waals surface area contributed by atoms with Gasteiger partial charge in [-0.1, -0.05) is 0 Å². The molecule has 1 aromatic carbocycles. The summed E-state index contributed by atoms with van der Waals surface area (Å²) in [5.41, 5.74) is 3.23. The summed E-state index contributed by atoms with van der Waals surface area (Å²) in [5, 5.41) is 1.04. The fourth-order valence-electron chi connectivity index (χ4n) is 4.21. The van der Waals surface area contributed by atoms with Gasteiger partial charge in [0.1, 0.15) is 0 Å². The highest BCUT2D eigenvalue weighted by Crippen LogP contribution is 2.22. The SMILES string of the molecule is O=C(c1ccc2[nH]ccc2c1)N1CCC(Cn2cnc(-c3ccncc3)cc2=O)CC1. The van der Waals surface area contributed by atoms with Crippen molar-refractivity contribution in [1.82, 2.24) is 24.4 Å². The molecule has 0 spiro atoms. The Morgan fingerprint density at radius 1 is 1.06 bits per heavy atom. The van der Waals surface area contributed by atoms with Crippen molar-refractivity contribution in [3.05, 3.63) is 83.3 Å². The predicted molar refractivity (Wildman–Crippen MR) is 119 cm³/mol. The van der Waals surface area contributed by atoms with E-state index in [0.717, 1.165) is 34.9 Å². The molecule has 31 heavy (non-hydrogen) atoms. The molecule has 0 atom stereocenters. The van der Waals surface area contributed by atoms with E-state index in [4.69, 9.17) is 0 Å². The van der Waals surface area contributed by atoms with Gasteiger partial charge in [-0.05, 0) is 55.2 Å². The lowest BCUT2D eigenvalue weighted by Crippen LogP contribution is -2.40. The summed E-state index contributed by atoms with van der Waals surface area (Å²) in [7, 11) is 0. The molecular weight excluding hydrogens is 390 g/mol. The third kappa shape index (κ3) is 3.99. The van der Waals surface area contributed by atoms with Gasteiger partial charge in [-0.2, -0.15) is 0 Å². The lowest BCUT2D eigenvalue weighted by atomic mass is 9.96. The molecule has 0 aliphatic carbocycles. The van der Waals surface area contributed by atoms with Gasteiger partial charge in [-0.15, -0.1) is 0 Å². The van der Waals surface area contributed by atoms with Crippen LogP contribution in [0, 0.1) is 5.92 Å². The van der Waals surface area contributed by atoms with Crippen molar-refractivity contribution in [2.45, 2.75) is 19.4 Å². The van der Waals surface area contributed by atoms with Crippen molar-refractivity contribution < 1.29 is 4.79 Å². The number of piperidine rings is 1. The summed E-state index contributed by atoms with van der Waals surface area (Å²) in [6, 6.07) is 13.0. The fourth-order valence-corrected chi connectivity index (χ4v) is 4.21. The van der Waals surface area contributed by atoms with Crippen LogP contribution in [0.3, 0.4) is 0 Å². The first-order valence-electron chi connectivity index (χ1n) is 10.5. The molecule has 0 radical (unpaired) electrons. The Morgan fingerprint density at radius 2 is 1.87 bits per heavy atom. The van der Waals surface area contributed by atoms with Crippen molar-refractivity contribution in [1.29, 1.82) is 0 Å². The highest BCUT2D eigenvalue weighted by molar-refractivity contribution is 5.98. The molecule has 7 nitrogen and oxygen atoms in total.